The van der Waals surface area contributed by atoms with E-state index >= 15 is 0 Å². The molecule has 1 N–H and O–H groups in total. The normalized spacial score (nSPS) is 14.6. The van der Waals surface area contributed by atoms with Gasteiger partial charge in [-0.15, -0.1) is 16.4 Å². The second-order valence-electron chi connectivity index (χ2n) is 9.12. The van der Waals surface area contributed by atoms with Crippen molar-refractivity contribution in [2.45, 2.75) is 25.1 Å². The van der Waals surface area contributed by atoms with Crippen molar-refractivity contribution >= 4 is 58.1 Å². The number of carbonyl (C=O) groups is 2. The van der Waals surface area contributed by atoms with E-state index in [9.17, 15) is 27.6 Å². The van der Waals surface area contributed by atoms with Gasteiger partial charge in [-0.05, 0) is 53.6 Å². The minimum atomic E-state index is -5.32. The minimum Gasteiger partial charge on any atom is -0.382 e. The van der Waals surface area contributed by atoms with Gasteiger partial charge in [0.05, 0.1) is 21.6 Å². The first-order chi connectivity index (χ1) is 20.4. The van der Waals surface area contributed by atoms with Gasteiger partial charge in [0.1, 0.15) is 27.9 Å². The number of H-pyrrole nitrogens is 1. The van der Waals surface area contributed by atoms with Crippen molar-refractivity contribution < 1.29 is 27.5 Å². The van der Waals surface area contributed by atoms with Crippen LogP contribution in [-0.4, -0.2) is 52.9 Å². The van der Waals surface area contributed by atoms with Crippen molar-refractivity contribution in [1.29, 1.82) is 0 Å². The van der Waals surface area contributed by atoms with Gasteiger partial charge in [0.2, 0.25) is 0 Å². The first-order valence-corrected chi connectivity index (χ1v) is 14.0. The van der Waals surface area contributed by atoms with E-state index in [2.05, 4.69) is 30.2 Å². The molecule has 11 nitrogen and oxygen atoms in total. The minimum absolute atomic E-state index is 0.0670. The lowest BCUT2D eigenvalue weighted by atomic mass is 10.0. The molecule has 0 spiro atoms. The zero-order valence-corrected chi connectivity index (χ0v) is 24.1. The zero-order valence-electron chi connectivity index (χ0n) is 21.0. The highest BCUT2D eigenvalue weighted by Gasteiger charge is 2.43. The van der Waals surface area contributed by atoms with Gasteiger partial charge in [-0.3, -0.25) is 4.79 Å². The number of alkyl halides is 3. The number of tetrazole rings is 1. The number of rotatable bonds is 5. The molecule has 0 saturated heterocycles. The van der Waals surface area contributed by atoms with Crippen LogP contribution in [0.2, 0.25) is 15.2 Å². The van der Waals surface area contributed by atoms with Crippen molar-refractivity contribution in [2.24, 2.45) is 0 Å². The molecule has 4 aromatic heterocycles. The van der Waals surface area contributed by atoms with Crippen molar-refractivity contribution in [3.8, 4) is 27.4 Å². The van der Waals surface area contributed by atoms with Crippen molar-refractivity contribution in [2.75, 3.05) is 0 Å². The third-order valence-corrected chi connectivity index (χ3v) is 8.55. The molecule has 1 aliphatic rings. The lowest BCUT2D eigenvalue weighted by molar-refractivity contribution is -0.193. The number of hydrogen-bond donors (Lipinski definition) is 1. The van der Waals surface area contributed by atoms with Gasteiger partial charge in [-0.2, -0.15) is 17.9 Å². The van der Waals surface area contributed by atoms with E-state index in [4.69, 9.17) is 34.8 Å². The van der Waals surface area contributed by atoms with Crippen LogP contribution in [0.3, 0.4) is 0 Å². The smallest absolute Gasteiger partial charge is 0.382 e. The molecule has 0 amide bonds. The predicted molar refractivity (Wildman–Crippen MR) is 149 cm³/mol. The lowest BCUT2D eigenvalue weighted by Gasteiger charge is -2.16. The van der Waals surface area contributed by atoms with Crippen LogP contribution in [0.4, 0.5) is 13.2 Å². The fourth-order valence-electron chi connectivity index (χ4n) is 4.73. The average molecular weight is 671 g/mol. The fourth-order valence-corrected chi connectivity index (χ4v) is 6.42. The van der Waals surface area contributed by atoms with Crippen LogP contribution in [0.1, 0.15) is 33.7 Å². The molecule has 0 bridgehead atoms. The number of carbonyl (C=O) groups excluding carboxylic acids is 2. The maximum Gasteiger partial charge on any atom is 0.491 e. The number of imidazole rings is 1. The van der Waals surface area contributed by atoms with E-state index in [1.165, 1.54) is 33.8 Å². The summed E-state index contributed by atoms with van der Waals surface area (Å²) >= 11 is 20.3. The van der Waals surface area contributed by atoms with E-state index in [0.717, 1.165) is 11.3 Å². The monoisotopic (exact) mass is 669 g/mol. The number of benzene rings is 1. The van der Waals surface area contributed by atoms with Gasteiger partial charge in [-0.1, -0.05) is 34.8 Å². The third-order valence-electron chi connectivity index (χ3n) is 6.55. The molecule has 5 aromatic rings. The summed E-state index contributed by atoms with van der Waals surface area (Å²) in [4.78, 5) is 44.1. The van der Waals surface area contributed by atoms with Gasteiger partial charge in [-0.25, -0.2) is 14.6 Å². The highest BCUT2D eigenvalue weighted by Crippen LogP contribution is 2.41. The van der Waals surface area contributed by atoms with Crippen LogP contribution in [-0.2, 0) is 16.0 Å². The summed E-state index contributed by atoms with van der Waals surface area (Å²) in [5.41, 5.74) is 1.91. The molecule has 18 heteroatoms. The van der Waals surface area contributed by atoms with Crippen LogP contribution < -0.4 is 5.56 Å². The number of aromatic amines is 1. The van der Waals surface area contributed by atoms with Crippen LogP contribution in [0.25, 0.3) is 27.4 Å². The Balaban J connectivity index is 1.33. The molecule has 0 fully saturated rings. The predicted octanol–water partition coefficient (Wildman–Crippen LogP) is 5.68. The largest absolute Gasteiger partial charge is 0.491 e. The Morgan fingerprint density at radius 2 is 1.88 bits per heavy atom. The number of hydrogen-bond acceptors (Lipinski definition) is 9. The SMILES string of the molecule is O=C(OC(=O)C(F)(F)F)c1ccc(-c2nc([C@@H]3CCc4c(Cl)c(-c5cc(Cl)ccc5-n5cnnn5)cc(=O)n43)[nH]c2Cl)s1. The highest BCUT2D eigenvalue weighted by molar-refractivity contribution is 7.17. The van der Waals surface area contributed by atoms with E-state index in [-0.39, 0.29) is 21.3 Å². The molecule has 0 saturated carbocycles. The van der Waals surface area contributed by atoms with Crippen LogP contribution in [0, 0.1) is 0 Å². The van der Waals surface area contributed by atoms with Gasteiger partial charge >= 0.3 is 18.1 Å². The molecule has 0 unspecified atom stereocenters. The summed E-state index contributed by atoms with van der Waals surface area (Å²) in [6, 6.07) is 8.41. The number of fused-ring (bicyclic) bond motifs is 1. The molecule has 220 valence electrons. The summed E-state index contributed by atoms with van der Waals surface area (Å²) in [6.45, 7) is 0. The van der Waals surface area contributed by atoms with Crippen LogP contribution in [0.5, 0.6) is 0 Å². The first kappa shape index (κ1) is 29.0. The number of thiophene rings is 1. The fraction of sp³-hybridized carbons (Fsp3) is 0.160. The molecule has 1 aliphatic heterocycles. The standard InChI is InChI=1S/C25H13Cl3F3N7O4S/c26-10-1-2-13(37-9-32-35-36-37)11(7-10)12-8-18(39)38-14(19(12)27)3-4-15(38)22-33-20(21(28)34-22)16-5-6-17(43-16)23(40)42-24(41)25(29,30)31/h1-2,5-9,15H,3-4H2,(H,33,34)/t15-/m0/s1. The summed E-state index contributed by atoms with van der Waals surface area (Å²) in [6.07, 6.45) is -3.06. The van der Waals surface area contributed by atoms with Crippen molar-refractivity contribution in [1.82, 2.24) is 34.7 Å². The molecular weight excluding hydrogens is 658 g/mol. The number of nitrogens with zero attached hydrogens (tertiary/aromatic N) is 6. The van der Waals surface area contributed by atoms with Crippen LogP contribution in [0.15, 0.2) is 47.5 Å². The Morgan fingerprint density at radius 1 is 1.09 bits per heavy atom. The van der Waals surface area contributed by atoms with Gasteiger partial charge < -0.3 is 14.3 Å². The second kappa shape index (κ2) is 10.9. The molecular formula is C25H13Cl3F3N7O4S. The summed E-state index contributed by atoms with van der Waals surface area (Å²) in [5, 5.41) is 12.1. The van der Waals surface area contributed by atoms with Crippen LogP contribution >= 0.6 is 46.1 Å². The maximum atomic E-state index is 13.5. The number of pyridine rings is 1. The topological polar surface area (TPSA) is 138 Å². The van der Waals surface area contributed by atoms with Crippen molar-refractivity contribution in [3.63, 3.8) is 0 Å². The lowest BCUT2D eigenvalue weighted by Crippen LogP contribution is -2.27. The van der Waals surface area contributed by atoms with E-state index in [0.29, 0.717) is 56.1 Å². The van der Waals surface area contributed by atoms with Gasteiger partial charge in [0.25, 0.3) is 5.56 Å². The van der Waals surface area contributed by atoms with E-state index in [1.54, 1.807) is 18.2 Å². The molecule has 5 heterocycles. The van der Waals surface area contributed by atoms with E-state index < -0.39 is 24.2 Å². The summed E-state index contributed by atoms with van der Waals surface area (Å²) < 4.78 is 44.2. The van der Waals surface area contributed by atoms with Crippen molar-refractivity contribution in [3.05, 3.63) is 84.7 Å². The Morgan fingerprint density at radius 3 is 2.60 bits per heavy atom. The average Bonchev–Trinajstić information content (AvgIpc) is 3.76. The summed E-state index contributed by atoms with van der Waals surface area (Å²) in [5.74, 6) is -3.76. The summed E-state index contributed by atoms with van der Waals surface area (Å²) in [7, 11) is 0. The number of aromatic nitrogens is 7. The molecule has 6 rings (SSSR count). The molecule has 43 heavy (non-hydrogen) atoms. The third kappa shape index (κ3) is 5.33. The Kier molecular flexibility index (Phi) is 7.36. The van der Waals surface area contributed by atoms with Gasteiger partial charge in [0, 0.05) is 27.9 Å². The Bertz CT molecular complexity index is 1970. The number of esters is 2. The highest BCUT2D eigenvalue weighted by atomic mass is 35.5. The molecule has 0 aliphatic carbocycles. The first-order valence-electron chi connectivity index (χ1n) is 12.1. The second-order valence-corrected chi connectivity index (χ2v) is 11.4. The van der Waals surface area contributed by atoms with E-state index in [1.807, 2.05) is 0 Å². The van der Waals surface area contributed by atoms with Gasteiger partial charge in [0.15, 0.2) is 0 Å². The quantitative estimate of drug-likeness (QED) is 0.186. The Labute approximate surface area is 256 Å². The molecule has 0 radical (unpaired) electrons. The molecule has 1 atom stereocenters. The number of halogens is 6. The zero-order chi connectivity index (χ0) is 30.6. The number of ether oxygens (including phenoxy) is 1. The maximum absolute atomic E-state index is 13.5. The molecule has 1 aromatic carbocycles. The Hall–Kier alpha value is -4.05. The number of nitrogens with one attached hydrogen (secondary N) is 1.